The van der Waals surface area contributed by atoms with Crippen molar-refractivity contribution in [2.24, 2.45) is 11.1 Å². The van der Waals surface area contributed by atoms with Crippen molar-refractivity contribution in [3.05, 3.63) is 60.2 Å². The molecule has 1 saturated heterocycles. The molecule has 1 aromatic carbocycles. The van der Waals surface area contributed by atoms with Crippen LogP contribution in [0.25, 0.3) is 37.4 Å². The highest BCUT2D eigenvalue weighted by Crippen LogP contribution is 2.44. The molecule has 188 valence electrons. The summed E-state index contributed by atoms with van der Waals surface area (Å²) >= 11 is 1.46. The Balaban J connectivity index is 1.44. The molecule has 5 heterocycles. The molecule has 4 aromatic heterocycles. The van der Waals surface area contributed by atoms with Crippen LogP contribution in [-0.4, -0.2) is 55.9 Å². The maximum Gasteiger partial charge on any atom is 0.253 e. The van der Waals surface area contributed by atoms with Gasteiger partial charge in [-0.1, -0.05) is 32.0 Å². The van der Waals surface area contributed by atoms with Crippen molar-refractivity contribution in [2.75, 3.05) is 25.0 Å². The average Bonchev–Trinajstić information content (AvgIpc) is 3.52. The van der Waals surface area contributed by atoms with Crippen LogP contribution in [0, 0.1) is 12.3 Å². The van der Waals surface area contributed by atoms with Gasteiger partial charge in [0, 0.05) is 47.0 Å². The molecule has 10 heteroatoms. The van der Waals surface area contributed by atoms with Crippen molar-refractivity contribution in [1.82, 2.24) is 24.5 Å². The molecule has 1 fully saturated rings. The number of likely N-dealkylation sites (tertiary alicyclic amines) is 1. The van der Waals surface area contributed by atoms with E-state index in [2.05, 4.69) is 45.2 Å². The molecule has 5 aromatic rings. The number of hydrogen-bond donors (Lipinski definition) is 3. The number of hydrogen-bond acceptors (Lipinski definition) is 6. The van der Waals surface area contributed by atoms with E-state index in [-0.39, 0.29) is 11.3 Å². The lowest BCUT2D eigenvalue weighted by Crippen LogP contribution is -2.54. The number of aromatic amines is 1. The number of nitrogens with one attached hydrogen (secondary N) is 2. The number of H-pyrrole nitrogens is 1. The van der Waals surface area contributed by atoms with E-state index in [4.69, 9.17) is 5.73 Å². The fourth-order valence-electron chi connectivity index (χ4n) is 5.20. The molecule has 9 nitrogen and oxygen atoms in total. The summed E-state index contributed by atoms with van der Waals surface area (Å²) in [6.07, 6.45) is 5.13. The predicted octanol–water partition coefficient (Wildman–Crippen LogP) is 4.29. The normalized spacial score (nSPS) is 15.2. The SMILES string of the molecule is Cc1ncc(NC(=O)CN2CC(C)(C)C2)cc1-c1c(-c2c[nH]c3ccccc23)sc2c(C(N)=O)cnn12. The number of amides is 2. The Morgan fingerprint density at radius 2 is 1.97 bits per heavy atom. The number of benzene rings is 1. The number of rotatable bonds is 6. The molecule has 0 aliphatic carbocycles. The summed E-state index contributed by atoms with van der Waals surface area (Å²) < 4.78 is 1.75. The number of primary amides is 1. The molecule has 0 saturated carbocycles. The Hall–Kier alpha value is -4.02. The molecular formula is C27H27N7O2S. The highest BCUT2D eigenvalue weighted by molar-refractivity contribution is 7.21. The minimum absolute atomic E-state index is 0.0745. The lowest BCUT2D eigenvalue weighted by Gasteiger charge is -2.45. The number of para-hydroxylation sites is 1. The largest absolute Gasteiger partial charge is 0.365 e. The number of aryl methyl sites for hydroxylation is 1. The first-order valence-electron chi connectivity index (χ1n) is 12.1. The molecule has 6 rings (SSSR count). The van der Waals surface area contributed by atoms with Crippen molar-refractivity contribution in [1.29, 1.82) is 0 Å². The minimum Gasteiger partial charge on any atom is -0.365 e. The number of carbonyl (C=O) groups is 2. The number of anilines is 1. The Kier molecular flexibility index (Phi) is 5.39. The van der Waals surface area contributed by atoms with Crippen LogP contribution in [0.15, 0.2) is 48.9 Å². The maximum absolute atomic E-state index is 12.7. The number of nitrogens with zero attached hydrogens (tertiary/aromatic N) is 4. The van der Waals surface area contributed by atoms with Crippen LogP contribution in [-0.2, 0) is 4.79 Å². The van der Waals surface area contributed by atoms with E-state index in [0.717, 1.165) is 51.4 Å². The second-order valence-corrected chi connectivity index (χ2v) is 11.4. The van der Waals surface area contributed by atoms with Gasteiger partial charge in [-0.05, 0) is 24.5 Å². The zero-order valence-electron chi connectivity index (χ0n) is 20.8. The van der Waals surface area contributed by atoms with E-state index in [0.29, 0.717) is 22.6 Å². The fourth-order valence-corrected chi connectivity index (χ4v) is 6.46. The number of fused-ring (bicyclic) bond motifs is 2. The van der Waals surface area contributed by atoms with Crippen LogP contribution < -0.4 is 11.1 Å². The maximum atomic E-state index is 12.7. The number of thiazole rings is 1. The molecule has 1 aliphatic rings. The van der Waals surface area contributed by atoms with E-state index in [1.165, 1.54) is 17.5 Å². The Bertz CT molecular complexity index is 1690. The molecule has 0 atom stereocenters. The van der Waals surface area contributed by atoms with E-state index in [1.54, 1.807) is 10.7 Å². The third kappa shape index (κ3) is 4.08. The van der Waals surface area contributed by atoms with E-state index in [1.807, 2.05) is 37.4 Å². The van der Waals surface area contributed by atoms with Crippen LogP contribution in [0.4, 0.5) is 5.69 Å². The first-order valence-corrected chi connectivity index (χ1v) is 12.9. The number of carbonyl (C=O) groups excluding carboxylic acids is 2. The summed E-state index contributed by atoms with van der Waals surface area (Å²) in [5.74, 6) is -0.604. The summed E-state index contributed by atoms with van der Waals surface area (Å²) in [4.78, 5) is 36.5. The highest BCUT2D eigenvalue weighted by atomic mass is 32.1. The summed E-state index contributed by atoms with van der Waals surface area (Å²) in [6, 6.07) is 9.98. The predicted molar refractivity (Wildman–Crippen MR) is 146 cm³/mol. The van der Waals surface area contributed by atoms with Gasteiger partial charge in [0.05, 0.1) is 40.8 Å². The Labute approximate surface area is 217 Å². The van der Waals surface area contributed by atoms with Gasteiger partial charge in [-0.25, -0.2) is 4.52 Å². The fraction of sp³-hybridized carbons (Fsp3) is 0.259. The number of pyridine rings is 1. The third-order valence-electron chi connectivity index (χ3n) is 6.75. The molecule has 4 N–H and O–H groups in total. The van der Waals surface area contributed by atoms with Crippen LogP contribution in [0.5, 0.6) is 0 Å². The van der Waals surface area contributed by atoms with Crippen LogP contribution in [0.3, 0.4) is 0 Å². The first kappa shape index (κ1) is 23.4. The van der Waals surface area contributed by atoms with Gasteiger partial charge in [-0.15, -0.1) is 11.3 Å². The van der Waals surface area contributed by atoms with Gasteiger partial charge in [-0.3, -0.25) is 19.5 Å². The number of nitrogens with two attached hydrogens (primary N) is 1. The zero-order chi connectivity index (χ0) is 25.9. The van der Waals surface area contributed by atoms with Gasteiger partial charge < -0.3 is 16.0 Å². The van der Waals surface area contributed by atoms with Gasteiger partial charge >= 0.3 is 0 Å². The van der Waals surface area contributed by atoms with Crippen LogP contribution in [0.1, 0.15) is 29.9 Å². The molecular weight excluding hydrogens is 486 g/mol. The van der Waals surface area contributed by atoms with Gasteiger partial charge in [0.25, 0.3) is 5.91 Å². The van der Waals surface area contributed by atoms with E-state index >= 15 is 0 Å². The molecule has 0 spiro atoms. The van der Waals surface area contributed by atoms with Crippen molar-refractivity contribution in [2.45, 2.75) is 20.8 Å². The van der Waals surface area contributed by atoms with Crippen molar-refractivity contribution < 1.29 is 9.59 Å². The minimum atomic E-state index is -0.529. The quantitative estimate of drug-likeness (QED) is 0.313. The van der Waals surface area contributed by atoms with E-state index in [9.17, 15) is 9.59 Å². The Morgan fingerprint density at radius 3 is 2.73 bits per heavy atom. The molecule has 0 unspecified atom stereocenters. The van der Waals surface area contributed by atoms with Gasteiger partial charge in [-0.2, -0.15) is 5.10 Å². The Morgan fingerprint density at radius 1 is 1.19 bits per heavy atom. The molecule has 2 amide bonds. The van der Waals surface area contributed by atoms with E-state index < -0.39 is 5.91 Å². The summed E-state index contributed by atoms with van der Waals surface area (Å²) in [5.41, 5.74) is 11.3. The number of aromatic nitrogens is 4. The van der Waals surface area contributed by atoms with Gasteiger partial charge in [0.2, 0.25) is 5.91 Å². The highest BCUT2D eigenvalue weighted by Gasteiger charge is 2.34. The summed E-state index contributed by atoms with van der Waals surface area (Å²) in [6.45, 7) is 8.47. The van der Waals surface area contributed by atoms with Gasteiger partial charge in [0.1, 0.15) is 4.83 Å². The standard InChI is InChI=1S/C27H27N7O2S/c1-15-18(8-16(9-29-15)32-22(35)12-33-13-27(2,3)14-33)23-24(19-10-30-21-7-5-4-6-17(19)21)37-26-20(25(28)36)11-31-34(23)26/h4-11,30H,12-14H2,1-3H3,(H2,28,36)(H,32,35). The first-order chi connectivity index (χ1) is 17.7. The molecule has 37 heavy (non-hydrogen) atoms. The molecule has 0 radical (unpaired) electrons. The lowest BCUT2D eigenvalue weighted by atomic mass is 9.84. The van der Waals surface area contributed by atoms with Crippen LogP contribution >= 0.6 is 11.3 Å². The van der Waals surface area contributed by atoms with Gasteiger partial charge in [0.15, 0.2) is 0 Å². The topological polar surface area (TPSA) is 121 Å². The average molecular weight is 514 g/mol. The summed E-state index contributed by atoms with van der Waals surface area (Å²) in [7, 11) is 0. The second kappa shape index (κ2) is 8.53. The van der Waals surface area contributed by atoms with Crippen molar-refractivity contribution in [3.8, 4) is 21.7 Å². The lowest BCUT2D eigenvalue weighted by molar-refractivity contribution is -0.120. The third-order valence-corrected chi connectivity index (χ3v) is 7.95. The summed E-state index contributed by atoms with van der Waals surface area (Å²) in [5, 5.41) is 8.58. The monoisotopic (exact) mass is 513 g/mol. The zero-order valence-corrected chi connectivity index (χ0v) is 21.6. The van der Waals surface area contributed by atoms with Crippen molar-refractivity contribution in [3.63, 3.8) is 0 Å². The van der Waals surface area contributed by atoms with Crippen molar-refractivity contribution >= 4 is 44.6 Å². The molecule has 1 aliphatic heterocycles. The smallest absolute Gasteiger partial charge is 0.253 e. The molecule has 0 bridgehead atoms. The van der Waals surface area contributed by atoms with Crippen LogP contribution in [0.2, 0.25) is 0 Å². The second-order valence-electron chi connectivity index (χ2n) is 10.4.